The van der Waals surface area contributed by atoms with Crippen LogP contribution in [0.3, 0.4) is 0 Å². The van der Waals surface area contributed by atoms with Gasteiger partial charge >= 0.3 is 0 Å². The third kappa shape index (κ3) is 11.3. The molecule has 1 unspecified atom stereocenters. The minimum Gasteiger partial charge on any atom is -0.379 e. The highest BCUT2D eigenvalue weighted by Crippen LogP contribution is 2.42. The van der Waals surface area contributed by atoms with Gasteiger partial charge in [-0.1, -0.05) is 71.4 Å². The van der Waals surface area contributed by atoms with Gasteiger partial charge in [0.1, 0.15) is 5.78 Å². The number of likely N-dealkylation sites (N-methyl/N-ethyl adjacent to an activating group) is 2. The number of nitrogens with zero attached hydrogens (tertiary/aromatic N) is 3. The molecule has 56 heavy (non-hydrogen) atoms. The second kappa shape index (κ2) is 20.3. The molecule has 316 valence electrons. The van der Waals surface area contributed by atoms with Gasteiger partial charge in [-0.05, 0) is 74.8 Å². The highest BCUT2D eigenvalue weighted by atomic mass is 32.2. The number of Topliss-reactive ketones (excluding diaryl/α,β-unsaturated/α-hetero) is 2. The molecule has 13 heteroatoms. The third-order valence-corrected chi connectivity index (χ3v) is 14.4. The van der Waals surface area contributed by atoms with Crippen LogP contribution in [0.2, 0.25) is 0 Å². The van der Waals surface area contributed by atoms with Crippen LogP contribution >= 0.6 is 0 Å². The SMILES string of the molecule is CC[C@H](C)[C@@H]([C@@H](CC(=O)N1CCC[C@H]1[C@H](OC)[C@@H](C)C(=O)C[C@@H](Cc1ccccc1)CS(N)(=O)=O)OC)N(C)C(=O)[C@@H](CC(=O)[C@@H]1[C@H]2CCC(C2)N1C)C(C)C. The van der Waals surface area contributed by atoms with Crippen LogP contribution in [0.25, 0.3) is 0 Å². The van der Waals surface area contributed by atoms with Crippen LogP contribution in [0.15, 0.2) is 30.3 Å². The fourth-order valence-corrected chi connectivity index (χ4v) is 11.1. The lowest BCUT2D eigenvalue weighted by molar-refractivity contribution is -0.149. The van der Waals surface area contributed by atoms with E-state index in [2.05, 4.69) is 18.7 Å². The summed E-state index contributed by atoms with van der Waals surface area (Å²) in [5, 5.41) is 5.44. The summed E-state index contributed by atoms with van der Waals surface area (Å²) in [6, 6.07) is 8.99. The summed E-state index contributed by atoms with van der Waals surface area (Å²) < 4.78 is 36.3. The average molecular weight is 803 g/mol. The molecule has 1 aromatic carbocycles. The molecule has 2 N–H and O–H groups in total. The number of methoxy groups -OCH3 is 2. The lowest BCUT2D eigenvalue weighted by atomic mass is 9.83. The minimum atomic E-state index is -3.83. The van der Waals surface area contributed by atoms with Crippen molar-refractivity contribution in [1.82, 2.24) is 14.7 Å². The largest absolute Gasteiger partial charge is 0.379 e. The number of amides is 2. The molecule has 0 radical (unpaired) electrons. The van der Waals surface area contributed by atoms with Gasteiger partial charge in [-0.3, -0.25) is 24.1 Å². The van der Waals surface area contributed by atoms with Crippen molar-refractivity contribution in [3.05, 3.63) is 35.9 Å². The molecule has 2 bridgehead atoms. The van der Waals surface area contributed by atoms with Crippen molar-refractivity contribution < 1.29 is 37.1 Å². The first-order valence-corrected chi connectivity index (χ1v) is 22.6. The molecule has 2 heterocycles. The van der Waals surface area contributed by atoms with Crippen molar-refractivity contribution in [3.63, 3.8) is 0 Å². The van der Waals surface area contributed by atoms with Gasteiger partial charge in [-0.15, -0.1) is 0 Å². The molecule has 3 aliphatic rings. The molecule has 4 rings (SSSR count). The molecule has 1 aliphatic carbocycles. The second-order valence-corrected chi connectivity index (χ2v) is 19.2. The molecule has 0 spiro atoms. The number of hydrogen-bond acceptors (Lipinski definition) is 9. The Labute approximate surface area is 336 Å². The molecular weight excluding hydrogens is 733 g/mol. The number of hydrogen-bond donors (Lipinski definition) is 1. The van der Waals surface area contributed by atoms with Crippen LogP contribution in [0.5, 0.6) is 0 Å². The zero-order valence-corrected chi connectivity index (χ0v) is 36.2. The normalized spacial score (nSPS) is 25.1. The number of carbonyl (C=O) groups excluding carboxylic acids is 4. The molecular formula is C43H70N4O8S. The van der Waals surface area contributed by atoms with E-state index in [-0.39, 0.29) is 72.3 Å². The van der Waals surface area contributed by atoms with Crippen molar-refractivity contribution in [2.45, 2.75) is 135 Å². The average Bonchev–Trinajstić information content (AvgIpc) is 3.90. The van der Waals surface area contributed by atoms with Gasteiger partial charge in [0.05, 0.1) is 42.5 Å². The number of rotatable bonds is 22. The summed E-state index contributed by atoms with van der Waals surface area (Å²) in [7, 11) is 3.12. The Morgan fingerprint density at radius 1 is 0.964 bits per heavy atom. The van der Waals surface area contributed by atoms with Crippen molar-refractivity contribution in [2.75, 3.05) is 40.6 Å². The first-order chi connectivity index (χ1) is 26.4. The first kappa shape index (κ1) is 46.0. The Balaban J connectivity index is 1.47. The van der Waals surface area contributed by atoms with Crippen LogP contribution in [-0.4, -0.2) is 123 Å². The van der Waals surface area contributed by atoms with Crippen molar-refractivity contribution in [2.24, 2.45) is 40.6 Å². The van der Waals surface area contributed by atoms with Crippen molar-refractivity contribution >= 4 is 33.4 Å². The Kier molecular flexibility index (Phi) is 16.7. The summed E-state index contributed by atoms with van der Waals surface area (Å²) in [5.74, 6) is -1.82. The van der Waals surface area contributed by atoms with Crippen molar-refractivity contribution in [1.29, 1.82) is 0 Å². The van der Waals surface area contributed by atoms with E-state index in [9.17, 15) is 27.6 Å². The lowest BCUT2D eigenvalue weighted by Gasteiger charge is -2.41. The smallest absolute Gasteiger partial charge is 0.226 e. The number of carbonyl (C=O) groups is 4. The van der Waals surface area contributed by atoms with E-state index >= 15 is 0 Å². The maximum absolute atomic E-state index is 14.4. The fourth-order valence-electron chi connectivity index (χ4n) is 10.2. The highest BCUT2D eigenvalue weighted by molar-refractivity contribution is 7.89. The molecule has 12 nitrogen and oxygen atoms in total. The van der Waals surface area contributed by atoms with Gasteiger partial charge in [-0.2, -0.15) is 0 Å². The summed E-state index contributed by atoms with van der Waals surface area (Å²) in [4.78, 5) is 62.0. The van der Waals surface area contributed by atoms with Crippen LogP contribution in [-0.2, 0) is 45.1 Å². The quantitative estimate of drug-likeness (QED) is 0.175. The maximum atomic E-state index is 14.4. The van der Waals surface area contributed by atoms with Gasteiger partial charge in [0, 0.05) is 58.5 Å². The standard InChI is InChI=1S/C43H70N4O8S/c1-10-28(4)40(46(7)43(51)34(27(2)3)24-37(49)41-32-18-19-33(23-32)45(41)6)38(54-8)25-39(50)47-20-14-17-35(47)42(55-9)29(5)36(48)22-31(26-56(44,52)53)21-30-15-12-11-13-16-30/h11-13,15-16,27-29,31-35,38,40-42H,10,14,17-26H2,1-9H3,(H2,44,52,53)/t28-,29-,31+,32-,33?,34-,35-,38+,40-,41-,42+/m0/s1. The van der Waals surface area contributed by atoms with Gasteiger partial charge in [0.25, 0.3) is 0 Å². The predicted octanol–water partition coefficient (Wildman–Crippen LogP) is 4.73. The molecule has 2 amide bonds. The Hall–Kier alpha value is -2.71. The van der Waals surface area contributed by atoms with Gasteiger partial charge in [0.15, 0.2) is 5.78 Å². The van der Waals surface area contributed by atoms with Crippen LogP contribution < -0.4 is 5.14 Å². The fraction of sp³-hybridized carbons (Fsp3) is 0.767. The van der Waals surface area contributed by atoms with Crippen LogP contribution in [0, 0.1) is 35.5 Å². The van der Waals surface area contributed by atoms with Crippen molar-refractivity contribution in [3.8, 4) is 0 Å². The number of primary sulfonamides is 1. The number of benzene rings is 1. The minimum absolute atomic E-state index is 0.00169. The molecule has 1 saturated carbocycles. The monoisotopic (exact) mass is 802 g/mol. The summed E-state index contributed by atoms with van der Waals surface area (Å²) in [6.45, 7) is 10.4. The zero-order valence-electron chi connectivity index (χ0n) is 35.4. The number of nitrogens with two attached hydrogens (primary N) is 1. The van der Waals surface area contributed by atoms with Gasteiger partial charge in [-0.25, -0.2) is 13.6 Å². The van der Waals surface area contributed by atoms with E-state index in [4.69, 9.17) is 14.6 Å². The first-order valence-electron chi connectivity index (χ1n) is 20.9. The number of fused-ring (bicyclic) bond motifs is 2. The lowest BCUT2D eigenvalue weighted by Crippen LogP contribution is -2.54. The number of likely N-dealkylation sites (tertiary alicyclic amines) is 2. The third-order valence-electron chi connectivity index (χ3n) is 13.5. The van der Waals surface area contributed by atoms with Gasteiger partial charge in [0.2, 0.25) is 21.8 Å². The predicted molar refractivity (Wildman–Crippen MR) is 218 cm³/mol. The molecule has 3 fully saturated rings. The van der Waals surface area contributed by atoms with E-state index in [1.165, 1.54) is 0 Å². The molecule has 2 saturated heterocycles. The van der Waals surface area contributed by atoms with E-state index < -0.39 is 46.0 Å². The second-order valence-electron chi connectivity index (χ2n) is 17.5. The Morgan fingerprint density at radius 3 is 2.20 bits per heavy atom. The number of sulfonamides is 1. The molecule has 0 aromatic heterocycles. The van der Waals surface area contributed by atoms with E-state index in [0.29, 0.717) is 31.3 Å². The van der Waals surface area contributed by atoms with Crippen LogP contribution in [0.4, 0.5) is 0 Å². The van der Waals surface area contributed by atoms with Gasteiger partial charge < -0.3 is 19.3 Å². The number of piperidine rings is 1. The maximum Gasteiger partial charge on any atom is 0.226 e. The number of ether oxygens (including phenoxy) is 2. The molecule has 2 aliphatic heterocycles. The van der Waals surface area contributed by atoms with E-state index in [1.54, 1.807) is 38.0 Å². The highest BCUT2D eigenvalue weighted by Gasteiger charge is 2.48. The number of ketones is 2. The Bertz CT molecular complexity index is 1590. The summed E-state index contributed by atoms with van der Waals surface area (Å²) >= 11 is 0. The van der Waals surface area contributed by atoms with Crippen LogP contribution in [0.1, 0.15) is 98.0 Å². The zero-order chi connectivity index (χ0) is 41.5. The Morgan fingerprint density at radius 2 is 1.64 bits per heavy atom. The molecule has 11 atom stereocenters. The van der Waals surface area contributed by atoms with E-state index in [1.807, 2.05) is 51.2 Å². The summed E-state index contributed by atoms with van der Waals surface area (Å²) in [6.07, 6.45) is 4.83. The summed E-state index contributed by atoms with van der Waals surface area (Å²) in [5.41, 5.74) is 0.921. The topological polar surface area (TPSA) is 157 Å². The molecule has 1 aromatic rings. The van der Waals surface area contributed by atoms with E-state index in [0.717, 1.165) is 37.7 Å².